The molecule has 8 nitrogen and oxygen atoms in total. The van der Waals surface area contributed by atoms with Crippen molar-refractivity contribution in [1.82, 2.24) is 9.62 Å². The number of carbonyl (C=O) groups excluding carboxylic acids is 1. The van der Waals surface area contributed by atoms with Crippen molar-refractivity contribution in [3.8, 4) is 5.75 Å². The van der Waals surface area contributed by atoms with E-state index in [1.165, 1.54) is 13.2 Å². The maximum Gasteiger partial charge on any atom is 0.255 e. The van der Waals surface area contributed by atoms with E-state index < -0.39 is 15.9 Å². The third-order valence-electron chi connectivity index (χ3n) is 5.10. The van der Waals surface area contributed by atoms with Gasteiger partial charge in [0.1, 0.15) is 10.6 Å². The van der Waals surface area contributed by atoms with Gasteiger partial charge in [0, 0.05) is 44.0 Å². The van der Waals surface area contributed by atoms with Gasteiger partial charge in [0.2, 0.25) is 10.0 Å². The van der Waals surface area contributed by atoms with E-state index in [1.54, 1.807) is 37.3 Å². The first-order valence-corrected chi connectivity index (χ1v) is 11.8. The molecule has 168 valence electrons. The summed E-state index contributed by atoms with van der Waals surface area (Å²) in [6.45, 7) is 5.06. The van der Waals surface area contributed by atoms with Gasteiger partial charge in [-0.05, 0) is 43.4 Å². The van der Waals surface area contributed by atoms with E-state index in [0.29, 0.717) is 35.2 Å². The molecule has 2 N–H and O–H groups in total. The fourth-order valence-electron chi connectivity index (χ4n) is 3.39. The Morgan fingerprint density at radius 3 is 2.45 bits per heavy atom. The van der Waals surface area contributed by atoms with E-state index in [0.717, 1.165) is 13.1 Å². The highest BCUT2D eigenvalue weighted by molar-refractivity contribution is 7.89. The number of rotatable bonds is 7. The maximum absolute atomic E-state index is 12.9. The Morgan fingerprint density at radius 1 is 1.13 bits per heavy atom. The quantitative estimate of drug-likeness (QED) is 0.652. The van der Waals surface area contributed by atoms with Crippen LogP contribution in [0.5, 0.6) is 5.75 Å². The molecule has 1 aliphatic rings. The number of methoxy groups -OCH3 is 1. The van der Waals surface area contributed by atoms with E-state index in [9.17, 15) is 13.2 Å². The second-order valence-electron chi connectivity index (χ2n) is 7.28. The van der Waals surface area contributed by atoms with Crippen LogP contribution < -0.4 is 19.7 Å². The Bertz CT molecular complexity index is 1050. The second-order valence-corrected chi connectivity index (χ2v) is 9.42. The minimum Gasteiger partial charge on any atom is -0.495 e. The molecule has 3 rings (SSSR count). The number of nitrogens with zero attached hydrogens (tertiary/aromatic N) is 2. The first-order chi connectivity index (χ1) is 14.7. The first-order valence-electron chi connectivity index (χ1n) is 9.97. The molecule has 0 saturated carbocycles. The molecule has 1 heterocycles. The molecule has 0 radical (unpaired) electrons. The largest absolute Gasteiger partial charge is 0.495 e. The molecule has 0 aromatic heterocycles. The number of anilines is 2. The van der Waals surface area contributed by atoms with Crippen molar-refractivity contribution in [3.05, 3.63) is 47.0 Å². The Kier molecular flexibility index (Phi) is 7.42. The molecule has 0 aliphatic carbocycles. The third-order valence-corrected chi connectivity index (χ3v) is 6.97. The normalized spacial score (nSPS) is 15.0. The number of likely N-dealkylation sites (N-methyl/N-ethyl adjacent to an activating group) is 1. The molecule has 2 aromatic carbocycles. The van der Waals surface area contributed by atoms with Crippen LogP contribution in [0.3, 0.4) is 0 Å². The zero-order chi connectivity index (χ0) is 22.6. The number of hydrogen-bond acceptors (Lipinski definition) is 6. The van der Waals surface area contributed by atoms with Gasteiger partial charge in [-0.25, -0.2) is 13.1 Å². The maximum atomic E-state index is 12.9. The van der Waals surface area contributed by atoms with Crippen LogP contribution in [-0.4, -0.2) is 66.1 Å². The van der Waals surface area contributed by atoms with E-state index in [2.05, 4.69) is 14.9 Å². The lowest BCUT2D eigenvalue weighted by molar-refractivity contribution is 0.102. The third kappa shape index (κ3) is 5.48. The summed E-state index contributed by atoms with van der Waals surface area (Å²) in [5.41, 5.74) is 1.31. The van der Waals surface area contributed by atoms with E-state index >= 15 is 0 Å². The molecule has 0 atom stereocenters. The van der Waals surface area contributed by atoms with E-state index in [1.807, 2.05) is 11.9 Å². The van der Waals surface area contributed by atoms with Crippen LogP contribution in [0.4, 0.5) is 11.4 Å². The van der Waals surface area contributed by atoms with Gasteiger partial charge in [-0.1, -0.05) is 18.5 Å². The molecule has 1 saturated heterocycles. The Morgan fingerprint density at radius 2 is 1.84 bits per heavy atom. The number of halogens is 1. The minimum absolute atomic E-state index is 0.0966. The van der Waals surface area contributed by atoms with Gasteiger partial charge in [-0.2, -0.15) is 0 Å². The summed E-state index contributed by atoms with van der Waals surface area (Å²) in [5.74, 6) is 0.0642. The van der Waals surface area contributed by atoms with Gasteiger partial charge in [-0.3, -0.25) is 4.79 Å². The highest BCUT2D eigenvalue weighted by atomic mass is 35.5. The summed E-state index contributed by atoms with van der Waals surface area (Å²) in [6.07, 6.45) is 0. The SMILES string of the molecule is CCNS(=O)(=O)c1cc(C(=O)Nc2ccc(OC)c(Cl)c2)ccc1N1CCN(C)CC1. The lowest BCUT2D eigenvalue weighted by Gasteiger charge is -2.35. The molecule has 31 heavy (non-hydrogen) atoms. The van der Waals surface area contributed by atoms with Crippen molar-refractivity contribution in [2.45, 2.75) is 11.8 Å². The molecule has 0 spiro atoms. The van der Waals surface area contributed by atoms with E-state index in [-0.39, 0.29) is 17.0 Å². The highest BCUT2D eigenvalue weighted by Crippen LogP contribution is 2.29. The smallest absolute Gasteiger partial charge is 0.255 e. The van der Waals surface area contributed by atoms with Crippen molar-refractivity contribution in [2.75, 3.05) is 57.1 Å². The van der Waals surface area contributed by atoms with Crippen LogP contribution in [0, 0.1) is 0 Å². The summed E-state index contributed by atoms with van der Waals surface area (Å²) in [7, 11) is -0.230. The first kappa shape index (κ1) is 23.3. The van der Waals surface area contributed by atoms with Gasteiger partial charge in [0.05, 0.1) is 17.8 Å². The average Bonchev–Trinajstić information content (AvgIpc) is 2.74. The molecule has 1 fully saturated rings. The molecule has 0 unspecified atom stereocenters. The van der Waals surface area contributed by atoms with Gasteiger partial charge in [0.15, 0.2) is 0 Å². The second kappa shape index (κ2) is 9.86. The number of carbonyl (C=O) groups is 1. The van der Waals surface area contributed by atoms with Crippen molar-refractivity contribution >= 4 is 38.9 Å². The number of benzene rings is 2. The van der Waals surface area contributed by atoms with Crippen LogP contribution in [0.25, 0.3) is 0 Å². The number of amides is 1. The fraction of sp³-hybridized carbons (Fsp3) is 0.381. The highest BCUT2D eigenvalue weighted by Gasteiger charge is 2.25. The van der Waals surface area contributed by atoms with Crippen LogP contribution in [0.1, 0.15) is 17.3 Å². The van der Waals surface area contributed by atoms with E-state index in [4.69, 9.17) is 16.3 Å². The average molecular weight is 467 g/mol. The zero-order valence-corrected chi connectivity index (χ0v) is 19.4. The van der Waals surface area contributed by atoms with Crippen molar-refractivity contribution in [1.29, 1.82) is 0 Å². The van der Waals surface area contributed by atoms with Crippen molar-refractivity contribution in [2.24, 2.45) is 0 Å². The van der Waals surface area contributed by atoms with Crippen molar-refractivity contribution < 1.29 is 17.9 Å². The van der Waals surface area contributed by atoms with Gasteiger partial charge in [-0.15, -0.1) is 0 Å². The Labute approximate surface area is 188 Å². The Balaban J connectivity index is 1.92. The summed E-state index contributed by atoms with van der Waals surface area (Å²) < 4.78 is 33.4. The summed E-state index contributed by atoms with van der Waals surface area (Å²) in [5, 5.41) is 3.11. The summed E-state index contributed by atoms with van der Waals surface area (Å²) in [6, 6.07) is 9.65. The predicted molar refractivity (Wildman–Crippen MR) is 123 cm³/mol. The molecule has 1 aliphatic heterocycles. The lowest BCUT2D eigenvalue weighted by atomic mass is 10.1. The number of sulfonamides is 1. The lowest BCUT2D eigenvalue weighted by Crippen LogP contribution is -2.45. The van der Waals surface area contributed by atoms with Gasteiger partial charge < -0.3 is 19.9 Å². The van der Waals surface area contributed by atoms with Gasteiger partial charge >= 0.3 is 0 Å². The van der Waals surface area contributed by atoms with Crippen LogP contribution in [0.15, 0.2) is 41.3 Å². The molecule has 2 aromatic rings. The number of nitrogens with one attached hydrogen (secondary N) is 2. The van der Waals surface area contributed by atoms with Crippen molar-refractivity contribution in [3.63, 3.8) is 0 Å². The standard InChI is InChI=1S/C21H27ClN4O4S/c1-4-23-31(28,29)20-13-15(5-7-18(20)26-11-9-25(2)10-12-26)21(27)24-16-6-8-19(30-3)17(22)14-16/h5-8,13-14,23H,4,9-12H2,1-3H3,(H,24,27). The number of hydrogen-bond donors (Lipinski definition) is 2. The number of ether oxygens (including phenoxy) is 1. The number of piperazine rings is 1. The monoisotopic (exact) mass is 466 g/mol. The summed E-state index contributed by atoms with van der Waals surface area (Å²) in [4.78, 5) is 17.2. The fourth-order valence-corrected chi connectivity index (χ4v) is 4.94. The molecular weight excluding hydrogens is 440 g/mol. The molecular formula is C21H27ClN4O4S. The minimum atomic E-state index is -3.77. The molecule has 1 amide bonds. The molecule has 0 bridgehead atoms. The topological polar surface area (TPSA) is 91.0 Å². The predicted octanol–water partition coefficient (Wildman–Crippen LogP) is 2.65. The summed E-state index contributed by atoms with van der Waals surface area (Å²) >= 11 is 6.12. The Hall–Kier alpha value is -2.33. The van der Waals surface area contributed by atoms with Crippen LogP contribution >= 0.6 is 11.6 Å². The van der Waals surface area contributed by atoms with Crippen LogP contribution in [-0.2, 0) is 10.0 Å². The van der Waals surface area contributed by atoms with Crippen LogP contribution in [0.2, 0.25) is 5.02 Å². The van der Waals surface area contributed by atoms with Gasteiger partial charge in [0.25, 0.3) is 5.91 Å². The molecule has 10 heteroatoms. The zero-order valence-electron chi connectivity index (χ0n) is 17.8.